The molecular formula is C24H24FN3O2. The number of piperazine rings is 1. The first-order valence-corrected chi connectivity index (χ1v) is 9.99. The van der Waals surface area contributed by atoms with Crippen molar-refractivity contribution in [2.45, 2.75) is 6.54 Å². The maximum absolute atomic E-state index is 13.1. The molecule has 3 aromatic carbocycles. The summed E-state index contributed by atoms with van der Waals surface area (Å²) in [5, 5.41) is 12.2. The predicted octanol–water partition coefficient (Wildman–Crippen LogP) is 4.11. The molecule has 0 spiro atoms. The third-order valence-electron chi connectivity index (χ3n) is 5.31. The Hall–Kier alpha value is -3.38. The van der Waals surface area contributed by atoms with Crippen LogP contribution in [0.25, 0.3) is 0 Å². The lowest BCUT2D eigenvalue weighted by Gasteiger charge is -2.36. The molecule has 154 valence electrons. The number of aromatic hydroxyl groups is 1. The molecule has 0 aromatic heterocycles. The molecule has 30 heavy (non-hydrogen) atoms. The van der Waals surface area contributed by atoms with Crippen LogP contribution in [0.2, 0.25) is 0 Å². The summed E-state index contributed by atoms with van der Waals surface area (Å²) in [4.78, 5) is 17.1. The smallest absolute Gasteiger partial charge is 0.255 e. The summed E-state index contributed by atoms with van der Waals surface area (Å²) in [6.45, 7) is 4.49. The molecule has 0 bridgehead atoms. The summed E-state index contributed by atoms with van der Waals surface area (Å²) in [6.07, 6.45) is 0. The van der Waals surface area contributed by atoms with Crippen molar-refractivity contribution < 1.29 is 14.3 Å². The van der Waals surface area contributed by atoms with E-state index in [1.807, 2.05) is 36.4 Å². The summed E-state index contributed by atoms with van der Waals surface area (Å²) in [6, 6.07) is 20.7. The van der Waals surface area contributed by atoms with E-state index in [9.17, 15) is 14.3 Å². The van der Waals surface area contributed by atoms with E-state index in [0.717, 1.165) is 44.0 Å². The number of hydrogen-bond acceptors (Lipinski definition) is 4. The maximum Gasteiger partial charge on any atom is 0.255 e. The average molecular weight is 405 g/mol. The minimum atomic E-state index is -0.205. The average Bonchev–Trinajstić information content (AvgIpc) is 2.77. The van der Waals surface area contributed by atoms with Gasteiger partial charge in [0.25, 0.3) is 5.91 Å². The number of nitrogens with zero attached hydrogens (tertiary/aromatic N) is 2. The Kier molecular flexibility index (Phi) is 5.95. The van der Waals surface area contributed by atoms with Crippen LogP contribution < -0.4 is 10.2 Å². The molecule has 2 N–H and O–H groups in total. The van der Waals surface area contributed by atoms with Gasteiger partial charge in [-0.05, 0) is 66.2 Å². The van der Waals surface area contributed by atoms with Crippen molar-refractivity contribution in [3.05, 3.63) is 89.7 Å². The van der Waals surface area contributed by atoms with Gasteiger partial charge in [-0.1, -0.05) is 12.1 Å². The van der Waals surface area contributed by atoms with Crippen molar-refractivity contribution in [2.75, 3.05) is 36.4 Å². The number of nitrogens with one attached hydrogen (secondary N) is 1. The molecule has 3 aromatic rings. The summed E-state index contributed by atoms with van der Waals surface area (Å²) in [7, 11) is 0. The highest BCUT2D eigenvalue weighted by atomic mass is 19.1. The van der Waals surface area contributed by atoms with Crippen molar-refractivity contribution >= 4 is 17.3 Å². The molecule has 0 atom stereocenters. The van der Waals surface area contributed by atoms with Crippen molar-refractivity contribution in [3.63, 3.8) is 0 Å². The Labute approximate surface area is 175 Å². The van der Waals surface area contributed by atoms with E-state index in [2.05, 4.69) is 15.1 Å². The summed E-state index contributed by atoms with van der Waals surface area (Å²) in [5.74, 6) is -0.227. The number of rotatable bonds is 5. The summed E-state index contributed by atoms with van der Waals surface area (Å²) in [5.41, 5.74) is 3.44. The number of benzene rings is 3. The zero-order valence-corrected chi connectivity index (χ0v) is 16.6. The monoisotopic (exact) mass is 405 g/mol. The molecule has 0 radical (unpaired) electrons. The van der Waals surface area contributed by atoms with Gasteiger partial charge < -0.3 is 15.3 Å². The lowest BCUT2D eigenvalue weighted by molar-refractivity contribution is 0.102. The zero-order valence-electron chi connectivity index (χ0n) is 16.6. The summed E-state index contributed by atoms with van der Waals surface area (Å²) >= 11 is 0. The van der Waals surface area contributed by atoms with Crippen LogP contribution in [0, 0.1) is 5.82 Å². The van der Waals surface area contributed by atoms with E-state index in [-0.39, 0.29) is 17.5 Å². The lowest BCUT2D eigenvalue weighted by Crippen LogP contribution is -2.45. The predicted molar refractivity (Wildman–Crippen MR) is 116 cm³/mol. The first kappa shape index (κ1) is 19.9. The van der Waals surface area contributed by atoms with E-state index >= 15 is 0 Å². The van der Waals surface area contributed by atoms with E-state index in [1.165, 1.54) is 24.3 Å². The Morgan fingerprint density at radius 2 is 1.50 bits per heavy atom. The van der Waals surface area contributed by atoms with Crippen LogP contribution in [0.5, 0.6) is 5.75 Å². The fourth-order valence-electron chi connectivity index (χ4n) is 3.58. The third kappa shape index (κ3) is 4.96. The number of carbonyl (C=O) groups excluding carboxylic acids is 1. The molecule has 1 amide bonds. The van der Waals surface area contributed by atoms with Gasteiger partial charge in [0, 0.05) is 49.7 Å². The van der Waals surface area contributed by atoms with E-state index in [0.29, 0.717) is 11.3 Å². The highest BCUT2D eigenvalue weighted by Crippen LogP contribution is 2.20. The fraction of sp³-hybridized carbons (Fsp3) is 0.208. The Balaban J connectivity index is 1.30. The van der Waals surface area contributed by atoms with Gasteiger partial charge in [-0.25, -0.2) is 4.39 Å². The van der Waals surface area contributed by atoms with Gasteiger partial charge in [0.2, 0.25) is 0 Å². The molecule has 1 fully saturated rings. The molecule has 0 unspecified atom stereocenters. The van der Waals surface area contributed by atoms with Crippen LogP contribution in [-0.2, 0) is 6.54 Å². The molecule has 6 heteroatoms. The van der Waals surface area contributed by atoms with Gasteiger partial charge in [-0.15, -0.1) is 0 Å². The van der Waals surface area contributed by atoms with E-state index in [1.54, 1.807) is 12.1 Å². The Morgan fingerprint density at radius 3 is 2.13 bits per heavy atom. The van der Waals surface area contributed by atoms with Crippen molar-refractivity contribution in [3.8, 4) is 5.75 Å². The first-order valence-electron chi connectivity index (χ1n) is 9.99. The number of anilines is 2. The number of hydrogen-bond donors (Lipinski definition) is 2. The maximum atomic E-state index is 13.1. The normalized spacial score (nSPS) is 14.5. The highest BCUT2D eigenvalue weighted by molar-refractivity contribution is 6.04. The molecule has 0 saturated carbocycles. The first-order chi connectivity index (χ1) is 14.6. The standard InChI is InChI=1S/C24H24FN3O2/c25-20-5-1-18(2-6-20)17-27-13-15-28(16-14-27)22-9-3-19(4-10-22)24(30)26-21-7-11-23(29)12-8-21/h1-12,29H,13-17H2,(H,26,30). The van der Waals surface area contributed by atoms with Crippen LogP contribution in [0.15, 0.2) is 72.8 Å². The minimum absolute atomic E-state index is 0.162. The molecule has 1 heterocycles. The molecule has 1 saturated heterocycles. The number of phenols is 1. The van der Waals surface area contributed by atoms with Crippen LogP contribution in [0.4, 0.5) is 15.8 Å². The Morgan fingerprint density at radius 1 is 0.867 bits per heavy atom. The molecule has 1 aliphatic rings. The lowest BCUT2D eigenvalue weighted by atomic mass is 10.1. The van der Waals surface area contributed by atoms with Gasteiger partial charge >= 0.3 is 0 Å². The largest absolute Gasteiger partial charge is 0.508 e. The number of halogens is 1. The number of amides is 1. The van der Waals surface area contributed by atoms with Gasteiger partial charge in [0.1, 0.15) is 11.6 Å². The Bertz CT molecular complexity index is 980. The van der Waals surface area contributed by atoms with Crippen LogP contribution in [-0.4, -0.2) is 42.1 Å². The number of phenolic OH excluding ortho intramolecular Hbond substituents is 1. The number of carbonyl (C=O) groups is 1. The molecule has 1 aliphatic heterocycles. The van der Waals surface area contributed by atoms with Crippen LogP contribution in [0.3, 0.4) is 0 Å². The van der Waals surface area contributed by atoms with Gasteiger partial charge in [0.05, 0.1) is 0 Å². The topological polar surface area (TPSA) is 55.8 Å². The van der Waals surface area contributed by atoms with Crippen LogP contribution in [0.1, 0.15) is 15.9 Å². The van der Waals surface area contributed by atoms with E-state index < -0.39 is 0 Å². The second kappa shape index (κ2) is 8.97. The van der Waals surface area contributed by atoms with E-state index in [4.69, 9.17) is 0 Å². The second-order valence-electron chi connectivity index (χ2n) is 7.44. The van der Waals surface area contributed by atoms with Gasteiger partial charge in [0.15, 0.2) is 0 Å². The minimum Gasteiger partial charge on any atom is -0.508 e. The molecule has 0 aliphatic carbocycles. The fourth-order valence-corrected chi connectivity index (χ4v) is 3.58. The SMILES string of the molecule is O=C(Nc1ccc(O)cc1)c1ccc(N2CCN(Cc3ccc(F)cc3)CC2)cc1. The van der Waals surface area contributed by atoms with Crippen molar-refractivity contribution in [1.82, 2.24) is 4.90 Å². The second-order valence-corrected chi connectivity index (χ2v) is 7.44. The third-order valence-corrected chi connectivity index (χ3v) is 5.31. The molecule has 4 rings (SSSR count). The molecule has 5 nitrogen and oxygen atoms in total. The highest BCUT2D eigenvalue weighted by Gasteiger charge is 2.18. The summed E-state index contributed by atoms with van der Waals surface area (Å²) < 4.78 is 13.1. The quantitative estimate of drug-likeness (QED) is 0.628. The van der Waals surface area contributed by atoms with Crippen molar-refractivity contribution in [2.24, 2.45) is 0 Å². The van der Waals surface area contributed by atoms with Gasteiger partial charge in [-0.2, -0.15) is 0 Å². The molecular weight excluding hydrogens is 381 g/mol. The van der Waals surface area contributed by atoms with Crippen LogP contribution >= 0.6 is 0 Å². The zero-order chi connectivity index (χ0) is 20.9. The van der Waals surface area contributed by atoms with Crippen molar-refractivity contribution in [1.29, 1.82) is 0 Å². The van der Waals surface area contributed by atoms with Gasteiger partial charge in [-0.3, -0.25) is 9.69 Å².